The molecule has 1 aromatic heterocycles. The van der Waals surface area contributed by atoms with E-state index in [-0.39, 0.29) is 29.6 Å². The van der Waals surface area contributed by atoms with Gasteiger partial charge in [0.25, 0.3) is 5.91 Å². The number of halogens is 4. The number of nitrogens with one attached hydrogen (secondary N) is 3. The first-order valence-electron chi connectivity index (χ1n) is 13.7. The van der Waals surface area contributed by atoms with Crippen molar-refractivity contribution in [2.24, 2.45) is 17.8 Å². The fraction of sp³-hybridized carbons (Fsp3) is 0.571. The molecule has 0 radical (unpaired) electrons. The van der Waals surface area contributed by atoms with Gasteiger partial charge in [0, 0.05) is 12.2 Å². The molecule has 2 aromatic rings. The fourth-order valence-corrected chi connectivity index (χ4v) is 5.29. The van der Waals surface area contributed by atoms with E-state index in [2.05, 4.69) is 15.7 Å². The zero-order valence-electron chi connectivity index (χ0n) is 22.7. The van der Waals surface area contributed by atoms with Gasteiger partial charge < -0.3 is 16.0 Å². The maximum absolute atomic E-state index is 15.2. The average molecular weight is 566 g/mol. The molecule has 8 nitrogen and oxygen atoms in total. The van der Waals surface area contributed by atoms with Crippen molar-refractivity contribution >= 4 is 23.4 Å². The third kappa shape index (κ3) is 7.19. The quantitative estimate of drug-likeness (QED) is 0.317. The molecule has 2 unspecified atom stereocenters. The molecule has 0 saturated heterocycles. The largest absolute Gasteiger partial charge is 0.405 e. The summed E-state index contributed by atoms with van der Waals surface area (Å²) < 4.78 is 54.3. The summed E-state index contributed by atoms with van der Waals surface area (Å²) in [6.07, 6.45) is 0.955. The van der Waals surface area contributed by atoms with Crippen molar-refractivity contribution < 1.29 is 31.9 Å². The van der Waals surface area contributed by atoms with Crippen LogP contribution in [-0.4, -0.2) is 46.3 Å². The molecule has 1 aromatic carbocycles. The van der Waals surface area contributed by atoms with Gasteiger partial charge in [-0.3, -0.25) is 19.1 Å². The topological polar surface area (TPSA) is 105 Å². The Balaban J connectivity index is 1.52. The van der Waals surface area contributed by atoms with E-state index in [1.807, 2.05) is 19.2 Å². The average Bonchev–Trinajstić information content (AvgIpc) is 3.83. The first kappa shape index (κ1) is 29.5. The maximum Gasteiger partial charge on any atom is 0.405 e. The summed E-state index contributed by atoms with van der Waals surface area (Å²) in [4.78, 5) is 39.1. The third-order valence-corrected chi connectivity index (χ3v) is 7.52. The molecular formula is C28H35F4N5O3. The van der Waals surface area contributed by atoms with E-state index in [1.54, 1.807) is 17.7 Å². The summed E-state index contributed by atoms with van der Waals surface area (Å²) in [6, 6.07) is 4.37. The number of benzene rings is 1. The van der Waals surface area contributed by atoms with Crippen LogP contribution in [0.5, 0.6) is 0 Å². The van der Waals surface area contributed by atoms with E-state index in [4.69, 9.17) is 0 Å². The highest BCUT2D eigenvalue weighted by molar-refractivity contribution is 6.01. The number of carbonyl (C=O) groups is 3. The minimum atomic E-state index is -4.56. The molecule has 2 aliphatic carbocycles. The standard InChI is InChI=1S/C28H35F4N5O3/c1-4-19(25(38)33-14-28(30,31)32)18-9-10-21(20(29)13-18)35-27(40)24(23(16-5-6-16)17-7-8-17)36-26(39)22-11-12-34-37(22)15(2)3/h9-13,15-17,19,23-24H,4-8,14H2,1-3H3,(H,33,38)(H,35,40)(H,36,39). The Kier molecular flexibility index (Phi) is 8.84. The van der Waals surface area contributed by atoms with Crippen molar-refractivity contribution in [1.82, 2.24) is 20.4 Å². The van der Waals surface area contributed by atoms with Crippen LogP contribution >= 0.6 is 0 Å². The minimum Gasteiger partial charge on any atom is -0.346 e. The lowest BCUT2D eigenvalue weighted by atomic mass is 9.88. The number of amides is 3. The second kappa shape index (κ2) is 12.0. The lowest BCUT2D eigenvalue weighted by Crippen LogP contribution is -2.50. The summed E-state index contributed by atoms with van der Waals surface area (Å²) in [7, 11) is 0. The van der Waals surface area contributed by atoms with Crippen molar-refractivity contribution in [2.45, 2.75) is 77.1 Å². The first-order valence-corrected chi connectivity index (χ1v) is 13.7. The Hall–Kier alpha value is -3.44. The lowest BCUT2D eigenvalue weighted by Gasteiger charge is -2.28. The van der Waals surface area contributed by atoms with Gasteiger partial charge in [-0.25, -0.2) is 4.39 Å². The maximum atomic E-state index is 15.2. The highest BCUT2D eigenvalue weighted by Gasteiger charge is 2.48. The predicted octanol–water partition coefficient (Wildman–Crippen LogP) is 4.95. The SMILES string of the molecule is CCC(C(=O)NCC(F)(F)F)c1ccc(NC(=O)C(NC(=O)c2ccnn2C(C)C)C(C2CC2)C2CC2)c(F)c1. The van der Waals surface area contributed by atoms with Gasteiger partial charge in [-0.2, -0.15) is 18.3 Å². The number of nitrogens with zero attached hydrogens (tertiary/aromatic N) is 2. The molecule has 2 atom stereocenters. The highest BCUT2D eigenvalue weighted by Crippen LogP contribution is 2.51. The Labute approximate surface area is 230 Å². The highest BCUT2D eigenvalue weighted by atomic mass is 19.4. The van der Waals surface area contributed by atoms with Crippen molar-refractivity contribution in [1.29, 1.82) is 0 Å². The van der Waals surface area contributed by atoms with E-state index in [0.29, 0.717) is 17.5 Å². The molecular weight excluding hydrogens is 530 g/mol. The van der Waals surface area contributed by atoms with E-state index >= 15 is 4.39 Å². The first-order chi connectivity index (χ1) is 18.9. The van der Waals surface area contributed by atoms with Gasteiger partial charge in [0.1, 0.15) is 24.1 Å². The van der Waals surface area contributed by atoms with E-state index in [1.165, 1.54) is 18.3 Å². The third-order valence-electron chi connectivity index (χ3n) is 7.52. The Morgan fingerprint density at radius 3 is 2.23 bits per heavy atom. The van der Waals surface area contributed by atoms with Gasteiger partial charge in [-0.15, -0.1) is 0 Å². The Bertz CT molecular complexity index is 1220. The molecule has 2 aliphatic rings. The summed E-state index contributed by atoms with van der Waals surface area (Å²) in [6.45, 7) is 3.91. The molecule has 218 valence electrons. The molecule has 0 aliphatic heterocycles. The van der Waals surface area contributed by atoms with Gasteiger partial charge in [-0.05, 0) is 87.5 Å². The van der Waals surface area contributed by atoms with Crippen LogP contribution in [0, 0.1) is 23.6 Å². The van der Waals surface area contributed by atoms with Crippen molar-refractivity contribution in [2.75, 3.05) is 11.9 Å². The zero-order chi connectivity index (χ0) is 29.2. The van der Waals surface area contributed by atoms with Crippen LogP contribution in [0.4, 0.5) is 23.2 Å². The summed E-state index contributed by atoms with van der Waals surface area (Å²) in [5.41, 5.74) is 0.373. The van der Waals surface area contributed by atoms with Crippen LogP contribution < -0.4 is 16.0 Å². The number of anilines is 1. The molecule has 12 heteroatoms. The number of hydrogen-bond donors (Lipinski definition) is 3. The predicted molar refractivity (Wildman–Crippen MR) is 140 cm³/mol. The summed E-state index contributed by atoms with van der Waals surface area (Å²) in [5, 5.41) is 11.5. The summed E-state index contributed by atoms with van der Waals surface area (Å²) in [5.74, 6) is -3.16. The second-order valence-electron chi connectivity index (χ2n) is 11.0. The molecule has 1 heterocycles. The van der Waals surface area contributed by atoms with Crippen LogP contribution in [0.3, 0.4) is 0 Å². The smallest absolute Gasteiger partial charge is 0.346 e. The normalized spacial score (nSPS) is 17.0. The van der Waals surface area contributed by atoms with Crippen LogP contribution in [0.2, 0.25) is 0 Å². The monoisotopic (exact) mass is 565 g/mol. The number of hydrogen-bond acceptors (Lipinski definition) is 4. The van der Waals surface area contributed by atoms with E-state index in [0.717, 1.165) is 31.7 Å². The number of carbonyl (C=O) groups excluding carboxylic acids is 3. The van der Waals surface area contributed by atoms with Gasteiger partial charge in [-0.1, -0.05) is 13.0 Å². The van der Waals surface area contributed by atoms with Crippen LogP contribution in [-0.2, 0) is 9.59 Å². The number of rotatable bonds is 12. The molecule has 40 heavy (non-hydrogen) atoms. The van der Waals surface area contributed by atoms with Gasteiger partial charge in [0.2, 0.25) is 11.8 Å². The van der Waals surface area contributed by atoms with Gasteiger partial charge in [0.05, 0.1) is 11.6 Å². The molecule has 2 fully saturated rings. The van der Waals surface area contributed by atoms with Crippen molar-refractivity contribution in [3.8, 4) is 0 Å². The zero-order valence-corrected chi connectivity index (χ0v) is 22.7. The fourth-order valence-electron chi connectivity index (χ4n) is 5.29. The lowest BCUT2D eigenvalue weighted by molar-refractivity contribution is -0.139. The number of aromatic nitrogens is 2. The Morgan fingerprint density at radius 1 is 1.05 bits per heavy atom. The molecule has 2 saturated carbocycles. The summed E-state index contributed by atoms with van der Waals surface area (Å²) >= 11 is 0. The van der Waals surface area contributed by atoms with Crippen LogP contribution in [0.1, 0.15) is 80.9 Å². The van der Waals surface area contributed by atoms with Crippen LogP contribution in [0.25, 0.3) is 0 Å². The number of alkyl halides is 3. The molecule has 3 N–H and O–H groups in total. The molecule has 4 rings (SSSR count). The van der Waals surface area contributed by atoms with Gasteiger partial charge in [0.15, 0.2) is 0 Å². The Morgan fingerprint density at radius 2 is 1.70 bits per heavy atom. The molecule has 0 spiro atoms. The van der Waals surface area contributed by atoms with E-state index in [9.17, 15) is 27.6 Å². The van der Waals surface area contributed by atoms with Crippen molar-refractivity contribution in [3.05, 3.63) is 47.5 Å². The van der Waals surface area contributed by atoms with Crippen LogP contribution in [0.15, 0.2) is 30.5 Å². The van der Waals surface area contributed by atoms with E-state index < -0.39 is 48.2 Å². The molecule has 0 bridgehead atoms. The van der Waals surface area contributed by atoms with Crippen molar-refractivity contribution in [3.63, 3.8) is 0 Å². The molecule has 3 amide bonds. The minimum absolute atomic E-state index is 0.0687. The van der Waals surface area contributed by atoms with Gasteiger partial charge >= 0.3 is 6.18 Å². The second-order valence-corrected chi connectivity index (χ2v) is 11.0.